The lowest BCUT2D eigenvalue weighted by atomic mass is 10.1. The minimum absolute atomic E-state index is 0.701. The van der Waals surface area contributed by atoms with Crippen LogP contribution in [0.5, 0.6) is 0 Å². The van der Waals surface area contributed by atoms with Crippen LogP contribution in [-0.4, -0.2) is 34.5 Å². The number of ether oxygens (including phenoxy) is 1. The molecule has 0 aliphatic rings. The van der Waals surface area contributed by atoms with Crippen molar-refractivity contribution >= 4 is 0 Å². The molecule has 1 heterocycles. The van der Waals surface area contributed by atoms with Crippen LogP contribution < -0.4 is 5.32 Å². The first-order valence-corrected chi connectivity index (χ1v) is 6.89. The number of rotatable bonds is 10. The third-order valence-corrected chi connectivity index (χ3v) is 2.60. The van der Waals surface area contributed by atoms with E-state index in [9.17, 15) is 0 Å². The van der Waals surface area contributed by atoms with E-state index in [1.807, 2.05) is 4.68 Å². The van der Waals surface area contributed by atoms with Crippen LogP contribution in [0.25, 0.3) is 0 Å². The second-order valence-corrected chi connectivity index (χ2v) is 4.90. The molecule has 1 aromatic heterocycles. The molecule has 0 aliphatic heterocycles. The molecule has 0 aromatic carbocycles. The molecule has 0 spiro atoms. The zero-order valence-corrected chi connectivity index (χ0v) is 11.9. The summed E-state index contributed by atoms with van der Waals surface area (Å²) < 4.78 is 7.40. The van der Waals surface area contributed by atoms with Gasteiger partial charge in [0.15, 0.2) is 5.82 Å². The lowest BCUT2D eigenvalue weighted by Crippen LogP contribution is -2.15. The summed E-state index contributed by atoms with van der Waals surface area (Å²) in [6, 6.07) is 0. The summed E-state index contributed by atoms with van der Waals surface area (Å²) in [5, 5.41) is 7.66. The highest BCUT2D eigenvalue weighted by atomic mass is 16.5. The molecular weight excluding hydrogens is 228 g/mol. The maximum Gasteiger partial charge on any atom is 0.164 e. The smallest absolute Gasteiger partial charge is 0.164 e. The van der Waals surface area contributed by atoms with Crippen LogP contribution in [0.3, 0.4) is 0 Å². The fraction of sp³-hybridized carbons (Fsp3) is 0.846. The van der Waals surface area contributed by atoms with Gasteiger partial charge >= 0.3 is 0 Å². The molecule has 0 amide bonds. The van der Waals surface area contributed by atoms with Crippen LogP contribution in [-0.2, 0) is 17.8 Å². The van der Waals surface area contributed by atoms with Crippen molar-refractivity contribution in [1.29, 1.82) is 0 Å². The van der Waals surface area contributed by atoms with E-state index in [4.69, 9.17) is 4.74 Å². The van der Waals surface area contributed by atoms with Gasteiger partial charge in [0.05, 0.1) is 19.7 Å². The van der Waals surface area contributed by atoms with Crippen molar-refractivity contribution < 1.29 is 4.74 Å². The largest absolute Gasteiger partial charge is 0.380 e. The van der Waals surface area contributed by atoms with Gasteiger partial charge in [0, 0.05) is 6.61 Å². The fourth-order valence-corrected chi connectivity index (χ4v) is 1.48. The maximum absolute atomic E-state index is 5.55. The molecule has 0 atom stereocenters. The van der Waals surface area contributed by atoms with Crippen molar-refractivity contribution in [1.82, 2.24) is 20.1 Å². The van der Waals surface area contributed by atoms with Gasteiger partial charge < -0.3 is 10.1 Å². The van der Waals surface area contributed by atoms with Crippen molar-refractivity contribution in [3.05, 3.63) is 12.2 Å². The first-order chi connectivity index (χ1) is 8.72. The van der Waals surface area contributed by atoms with Gasteiger partial charge in [0.25, 0.3) is 0 Å². The highest BCUT2D eigenvalue weighted by Gasteiger charge is 2.00. The van der Waals surface area contributed by atoms with E-state index in [0.29, 0.717) is 12.5 Å². The molecular formula is C13H26N4O. The molecule has 1 N–H and O–H groups in total. The normalized spacial score (nSPS) is 11.3. The molecule has 0 saturated heterocycles. The summed E-state index contributed by atoms with van der Waals surface area (Å²) in [7, 11) is 0. The molecule has 0 fully saturated rings. The molecule has 1 aromatic rings. The minimum atomic E-state index is 0.701. The second kappa shape index (κ2) is 9.05. The average molecular weight is 254 g/mol. The Morgan fingerprint density at radius 1 is 1.39 bits per heavy atom. The Bertz CT molecular complexity index is 312. The maximum atomic E-state index is 5.55. The van der Waals surface area contributed by atoms with Gasteiger partial charge in [-0.2, -0.15) is 5.10 Å². The highest BCUT2D eigenvalue weighted by Crippen LogP contribution is 1.99. The molecule has 1 rings (SSSR count). The number of nitrogens with zero attached hydrogens (tertiary/aromatic N) is 3. The average Bonchev–Trinajstić information content (AvgIpc) is 2.77. The molecule has 18 heavy (non-hydrogen) atoms. The third kappa shape index (κ3) is 6.71. The van der Waals surface area contributed by atoms with Crippen molar-refractivity contribution in [2.24, 2.45) is 5.92 Å². The Labute approximate surface area is 110 Å². The van der Waals surface area contributed by atoms with Crippen LogP contribution in [0.4, 0.5) is 0 Å². The van der Waals surface area contributed by atoms with Crippen molar-refractivity contribution in [2.75, 3.05) is 19.8 Å². The molecule has 0 unspecified atom stereocenters. The van der Waals surface area contributed by atoms with Crippen LogP contribution in [0.1, 0.15) is 39.4 Å². The van der Waals surface area contributed by atoms with Gasteiger partial charge in [-0.25, -0.2) is 4.98 Å². The highest BCUT2D eigenvalue weighted by molar-refractivity contribution is 4.80. The fourth-order valence-electron chi connectivity index (χ4n) is 1.48. The number of hydrogen-bond donors (Lipinski definition) is 1. The first-order valence-electron chi connectivity index (χ1n) is 6.89. The van der Waals surface area contributed by atoms with E-state index < -0.39 is 0 Å². The first kappa shape index (κ1) is 15.1. The van der Waals surface area contributed by atoms with Crippen LogP contribution in [0, 0.1) is 5.92 Å². The SMILES string of the molecule is CCCNCc1ncn(CCOCCC(C)C)n1. The Kier molecular flexibility index (Phi) is 7.60. The number of hydrogen-bond acceptors (Lipinski definition) is 4. The van der Waals surface area contributed by atoms with Crippen molar-refractivity contribution in [3.8, 4) is 0 Å². The van der Waals surface area contributed by atoms with E-state index in [2.05, 4.69) is 36.2 Å². The van der Waals surface area contributed by atoms with Gasteiger partial charge in [0.2, 0.25) is 0 Å². The molecule has 0 aliphatic carbocycles. The van der Waals surface area contributed by atoms with Crippen LogP contribution in [0.2, 0.25) is 0 Å². The minimum Gasteiger partial charge on any atom is -0.380 e. The van der Waals surface area contributed by atoms with E-state index in [1.165, 1.54) is 0 Å². The Hall–Kier alpha value is -0.940. The van der Waals surface area contributed by atoms with Gasteiger partial charge in [0.1, 0.15) is 6.33 Å². The van der Waals surface area contributed by atoms with Crippen LogP contribution in [0.15, 0.2) is 6.33 Å². The van der Waals surface area contributed by atoms with E-state index in [-0.39, 0.29) is 0 Å². The predicted molar refractivity (Wildman–Crippen MR) is 72.3 cm³/mol. The third-order valence-electron chi connectivity index (χ3n) is 2.60. The van der Waals surface area contributed by atoms with Gasteiger partial charge in [-0.15, -0.1) is 0 Å². The van der Waals surface area contributed by atoms with E-state index in [1.54, 1.807) is 6.33 Å². The van der Waals surface area contributed by atoms with Crippen molar-refractivity contribution in [3.63, 3.8) is 0 Å². The van der Waals surface area contributed by atoms with E-state index in [0.717, 1.165) is 44.9 Å². The summed E-state index contributed by atoms with van der Waals surface area (Å²) in [6.07, 6.45) is 4.02. The molecule has 0 saturated carbocycles. The number of nitrogens with one attached hydrogen (secondary N) is 1. The Morgan fingerprint density at radius 3 is 2.94 bits per heavy atom. The molecule has 104 valence electrons. The van der Waals surface area contributed by atoms with Crippen LogP contribution >= 0.6 is 0 Å². The lowest BCUT2D eigenvalue weighted by Gasteiger charge is -2.06. The van der Waals surface area contributed by atoms with Gasteiger partial charge in [-0.3, -0.25) is 4.68 Å². The zero-order chi connectivity index (χ0) is 13.2. The molecule has 5 heteroatoms. The molecule has 0 radical (unpaired) electrons. The Morgan fingerprint density at radius 2 is 2.22 bits per heavy atom. The lowest BCUT2D eigenvalue weighted by molar-refractivity contribution is 0.114. The van der Waals surface area contributed by atoms with E-state index >= 15 is 0 Å². The Balaban J connectivity index is 2.11. The predicted octanol–water partition coefficient (Wildman–Crippen LogP) is 1.84. The summed E-state index contributed by atoms with van der Waals surface area (Å²) in [5.74, 6) is 1.55. The molecule has 0 bridgehead atoms. The molecule has 5 nitrogen and oxygen atoms in total. The monoisotopic (exact) mass is 254 g/mol. The standard InChI is InChI=1S/C13H26N4O/c1-4-6-14-10-13-15-11-17(16-13)7-9-18-8-5-12(2)3/h11-12,14H,4-10H2,1-3H3. The van der Waals surface area contributed by atoms with Gasteiger partial charge in [-0.05, 0) is 25.3 Å². The summed E-state index contributed by atoms with van der Waals surface area (Å²) in [4.78, 5) is 4.25. The second-order valence-electron chi connectivity index (χ2n) is 4.90. The zero-order valence-electron chi connectivity index (χ0n) is 11.9. The number of aromatic nitrogens is 3. The quantitative estimate of drug-likeness (QED) is 0.647. The summed E-state index contributed by atoms with van der Waals surface area (Å²) in [5.41, 5.74) is 0. The summed E-state index contributed by atoms with van der Waals surface area (Å²) in [6.45, 7) is 10.6. The summed E-state index contributed by atoms with van der Waals surface area (Å²) >= 11 is 0. The van der Waals surface area contributed by atoms with Gasteiger partial charge in [-0.1, -0.05) is 20.8 Å². The topological polar surface area (TPSA) is 52.0 Å². The van der Waals surface area contributed by atoms with Crippen molar-refractivity contribution in [2.45, 2.75) is 46.7 Å².